The van der Waals surface area contributed by atoms with Crippen LogP contribution in [-0.2, 0) is 9.59 Å². The van der Waals surface area contributed by atoms with Gasteiger partial charge >= 0.3 is 0 Å². The maximum atomic E-state index is 11.4. The van der Waals surface area contributed by atoms with Crippen LogP contribution in [0.5, 0.6) is 0 Å². The zero-order valence-electron chi connectivity index (χ0n) is 9.67. The molecule has 1 fully saturated rings. The van der Waals surface area contributed by atoms with E-state index in [4.69, 9.17) is 11.6 Å². The Balaban J connectivity index is 2.21. The lowest BCUT2D eigenvalue weighted by Crippen LogP contribution is -2.42. The first-order valence-corrected chi connectivity index (χ1v) is 6.30. The second kappa shape index (κ2) is 6.74. The average Bonchev–Trinajstić information content (AvgIpc) is 2.61. The number of carbonyl (C=O) groups excluding carboxylic acids is 2. The van der Waals surface area contributed by atoms with Gasteiger partial charge in [-0.2, -0.15) is 0 Å². The van der Waals surface area contributed by atoms with Crippen LogP contribution in [0.15, 0.2) is 0 Å². The van der Waals surface area contributed by atoms with Gasteiger partial charge < -0.3 is 10.2 Å². The van der Waals surface area contributed by atoms with Crippen molar-refractivity contribution in [2.75, 3.05) is 19.0 Å². The summed E-state index contributed by atoms with van der Waals surface area (Å²) < 4.78 is 0. The van der Waals surface area contributed by atoms with Crippen molar-refractivity contribution >= 4 is 23.4 Å². The lowest BCUT2D eigenvalue weighted by molar-refractivity contribution is -0.129. The predicted molar refractivity (Wildman–Crippen MR) is 63.4 cm³/mol. The molecule has 0 saturated carbocycles. The smallest absolute Gasteiger partial charge is 0.222 e. The summed E-state index contributed by atoms with van der Waals surface area (Å²) in [4.78, 5) is 24.6. The van der Waals surface area contributed by atoms with Crippen molar-refractivity contribution in [2.45, 2.75) is 38.6 Å². The van der Waals surface area contributed by atoms with Crippen LogP contribution in [0.4, 0.5) is 0 Å². The predicted octanol–water partition coefficient (Wildman–Crippen LogP) is 1.13. The van der Waals surface area contributed by atoms with Crippen molar-refractivity contribution < 1.29 is 9.59 Å². The van der Waals surface area contributed by atoms with E-state index in [2.05, 4.69) is 5.32 Å². The highest BCUT2D eigenvalue weighted by Gasteiger charge is 2.22. The lowest BCUT2D eigenvalue weighted by atomic mass is 10.2. The Labute approximate surface area is 101 Å². The van der Waals surface area contributed by atoms with Crippen LogP contribution in [0.3, 0.4) is 0 Å². The van der Waals surface area contributed by atoms with E-state index in [0.29, 0.717) is 31.7 Å². The van der Waals surface area contributed by atoms with E-state index < -0.39 is 0 Å². The summed E-state index contributed by atoms with van der Waals surface area (Å²) in [6, 6.07) is 0.0184. The van der Waals surface area contributed by atoms with Crippen molar-refractivity contribution in [3.05, 3.63) is 0 Å². The van der Waals surface area contributed by atoms with Gasteiger partial charge in [-0.1, -0.05) is 0 Å². The highest BCUT2D eigenvalue weighted by atomic mass is 35.5. The third kappa shape index (κ3) is 4.39. The molecule has 16 heavy (non-hydrogen) atoms. The Morgan fingerprint density at radius 2 is 2.38 bits per heavy atom. The number of carbonyl (C=O) groups is 2. The Kier molecular flexibility index (Phi) is 5.60. The van der Waals surface area contributed by atoms with E-state index >= 15 is 0 Å². The Hall–Kier alpha value is -0.770. The zero-order chi connectivity index (χ0) is 12.0. The molecule has 2 amide bonds. The Morgan fingerprint density at radius 3 is 2.94 bits per heavy atom. The molecule has 1 heterocycles. The quantitative estimate of drug-likeness (QED) is 0.715. The highest BCUT2D eigenvalue weighted by molar-refractivity contribution is 6.17. The van der Waals surface area contributed by atoms with E-state index in [1.807, 2.05) is 11.8 Å². The van der Waals surface area contributed by atoms with Gasteiger partial charge in [-0.3, -0.25) is 9.59 Å². The fourth-order valence-electron chi connectivity index (χ4n) is 1.85. The molecule has 1 aliphatic heterocycles. The molecule has 0 aromatic carbocycles. The minimum absolute atomic E-state index is 0.0137. The number of hydrogen-bond donors (Lipinski definition) is 1. The molecule has 1 saturated heterocycles. The molecule has 0 radical (unpaired) electrons. The van der Waals surface area contributed by atoms with Gasteiger partial charge in [0, 0.05) is 37.9 Å². The SMILES string of the molecule is CC(CN1CCCC1=O)NC(=O)CCCCl. The van der Waals surface area contributed by atoms with E-state index in [1.165, 1.54) is 0 Å². The van der Waals surface area contributed by atoms with E-state index in [0.717, 1.165) is 13.0 Å². The maximum absolute atomic E-state index is 11.4. The number of hydrogen-bond acceptors (Lipinski definition) is 2. The van der Waals surface area contributed by atoms with Gasteiger partial charge in [-0.05, 0) is 19.8 Å². The molecule has 0 aliphatic carbocycles. The summed E-state index contributed by atoms with van der Waals surface area (Å²) in [5.41, 5.74) is 0. The molecule has 1 aliphatic rings. The fraction of sp³-hybridized carbons (Fsp3) is 0.818. The molecular formula is C11H19ClN2O2. The first-order chi connectivity index (χ1) is 7.63. The van der Waals surface area contributed by atoms with Gasteiger partial charge in [0.05, 0.1) is 0 Å². The van der Waals surface area contributed by atoms with Gasteiger partial charge in [0.1, 0.15) is 0 Å². The molecule has 0 aromatic heterocycles. The van der Waals surface area contributed by atoms with Crippen molar-refractivity contribution in [1.82, 2.24) is 10.2 Å². The van der Waals surface area contributed by atoms with Crippen LogP contribution in [0.1, 0.15) is 32.6 Å². The molecular weight excluding hydrogens is 228 g/mol. The largest absolute Gasteiger partial charge is 0.352 e. The fourth-order valence-corrected chi connectivity index (χ4v) is 1.98. The van der Waals surface area contributed by atoms with Crippen LogP contribution >= 0.6 is 11.6 Å². The van der Waals surface area contributed by atoms with Crippen molar-refractivity contribution in [2.24, 2.45) is 0 Å². The van der Waals surface area contributed by atoms with Crippen LogP contribution in [0, 0.1) is 0 Å². The first kappa shape index (κ1) is 13.3. The minimum Gasteiger partial charge on any atom is -0.352 e. The first-order valence-electron chi connectivity index (χ1n) is 5.76. The van der Waals surface area contributed by atoms with Gasteiger partial charge in [-0.25, -0.2) is 0 Å². The highest BCUT2D eigenvalue weighted by Crippen LogP contribution is 2.09. The van der Waals surface area contributed by atoms with Crippen LogP contribution in [0.2, 0.25) is 0 Å². The van der Waals surface area contributed by atoms with Crippen LogP contribution in [0.25, 0.3) is 0 Å². The molecule has 0 bridgehead atoms. The number of rotatable bonds is 6. The van der Waals surface area contributed by atoms with Crippen LogP contribution in [-0.4, -0.2) is 41.7 Å². The zero-order valence-corrected chi connectivity index (χ0v) is 10.4. The molecule has 5 heteroatoms. The maximum Gasteiger partial charge on any atom is 0.222 e. The Morgan fingerprint density at radius 1 is 1.62 bits per heavy atom. The molecule has 0 spiro atoms. The monoisotopic (exact) mass is 246 g/mol. The molecule has 0 aromatic rings. The molecule has 4 nitrogen and oxygen atoms in total. The van der Waals surface area contributed by atoms with Gasteiger partial charge in [-0.15, -0.1) is 11.6 Å². The van der Waals surface area contributed by atoms with Gasteiger partial charge in [0.15, 0.2) is 0 Å². The van der Waals surface area contributed by atoms with Crippen molar-refractivity contribution in [1.29, 1.82) is 0 Å². The van der Waals surface area contributed by atoms with Crippen LogP contribution < -0.4 is 5.32 Å². The van der Waals surface area contributed by atoms with Crippen molar-refractivity contribution in [3.63, 3.8) is 0 Å². The number of alkyl halides is 1. The molecule has 1 N–H and O–H groups in total. The summed E-state index contributed by atoms with van der Waals surface area (Å²) >= 11 is 5.51. The summed E-state index contributed by atoms with van der Waals surface area (Å²) in [6.45, 7) is 3.36. The molecule has 1 unspecified atom stereocenters. The normalized spacial score (nSPS) is 17.6. The number of nitrogens with one attached hydrogen (secondary N) is 1. The lowest BCUT2D eigenvalue weighted by Gasteiger charge is -2.21. The molecule has 1 rings (SSSR count). The summed E-state index contributed by atoms with van der Waals surface area (Å²) in [6.07, 6.45) is 2.74. The standard InChI is InChI=1S/C11H19ClN2O2/c1-9(13-10(15)4-2-6-12)8-14-7-3-5-11(14)16/h9H,2-8H2,1H3,(H,13,15). The number of nitrogens with zero attached hydrogens (tertiary/aromatic N) is 1. The second-order valence-electron chi connectivity index (χ2n) is 4.20. The Bertz CT molecular complexity index is 258. The molecule has 92 valence electrons. The second-order valence-corrected chi connectivity index (χ2v) is 4.58. The minimum atomic E-state index is 0.0137. The molecule has 1 atom stereocenters. The number of amides is 2. The topological polar surface area (TPSA) is 49.4 Å². The van der Waals surface area contributed by atoms with E-state index in [1.54, 1.807) is 0 Å². The van der Waals surface area contributed by atoms with E-state index in [-0.39, 0.29) is 17.9 Å². The number of halogens is 1. The van der Waals surface area contributed by atoms with Gasteiger partial charge in [0.2, 0.25) is 11.8 Å². The van der Waals surface area contributed by atoms with Crippen molar-refractivity contribution in [3.8, 4) is 0 Å². The third-order valence-electron chi connectivity index (χ3n) is 2.61. The number of likely N-dealkylation sites (tertiary alicyclic amines) is 1. The summed E-state index contributed by atoms with van der Waals surface area (Å²) in [7, 11) is 0. The third-order valence-corrected chi connectivity index (χ3v) is 2.88. The average molecular weight is 247 g/mol. The summed E-state index contributed by atoms with van der Waals surface area (Å²) in [5, 5.41) is 2.87. The van der Waals surface area contributed by atoms with Gasteiger partial charge in [0.25, 0.3) is 0 Å². The van der Waals surface area contributed by atoms with E-state index in [9.17, 15) is 9.59 Å². The summed E-state index contributed by atoms with van der Waals surface area (Å²) in [5.74, 6) is 0.716.